The maximum absolute atomic E-state index is 13.4. The molecule has 0 aliphatic carbocycles. The Labute approximate surface area is 180 Å². The van der Waals surface area contributed by atoms with Gasteiger partial charge in [-0.05, 0) is 31.4 Å². The summed E-state index contributed by atoms with van der Waals surface area (Å²) in [6, 6.07) is 15.7. The van der Waals surface area contributed by atoms with Crippen LogP contribution in [0.15, 0.2) is 54.6 Å². The molecule has 1 atom stereocenters. The third kappa shape index (κ3) is 3.50. The second-order valence-electron chi connectivity index (χ2n) is 7.73. The number of hydrogen-bond acceptors (Lipinski definition) is 5. The minimum Gasteiger partial charge on any atom is -0.464 e. The van der Waals surface area contributed by atoms with E-state index in [0.29, 0.717) is 36.1 Å². The SMILES string of the molecule is CCOC(=O)C1(c2ccccc2)CCCN1C(=O)CN1CC(=O)c2ccccc2C1=O. The van der Waals surface area contributed by atoms with Gasteiger partial charge in [0.2, 0.25) is 5.91 Å². The van der Waals surface area contributed by atoms with Crippen molar-refractivity contribution in [2.75, 3.05) is 26.2 Å². The van der Waals surface area contributed by atoms with Crippen molar-refractivity contribution in [3.63, 3.8) is 0 Å². The van der Waals surface area contributed by atoms with Crippen LogP contribution < -0.4 is 0 Å². The molecule has 0 radical (unpaired) electrons. The Balaban J connectivity index is 1.64. The molecule has 2 aliphatic rings. The minimum atomic E-state index is -1.23. The van der Waals surface area contributed by atoms with Crippen LogP contribution in [0.1, 0.15) is 46.0 Å². The van der Waals surface area contributed by atoms with Crippen LogP contribution in [0.4, 0.5) is 0 Å². The number of likely N-dealkylation sites (tertiary alicyclic amines) is 1. The molecule has 31 heavy (non-hydrogen) atoms. The van der Waals surface area contributed by atoms with Crippen molar-refractivity contribution >= 4 is 23.6 Å². The molecule has 1 unspecified atom stereocenters. The van der Waals surface area contributed by atoms with Crippen LogP contribution >= 0.6 is 0 Å². The Morgan fingerprint density at radius 1 is 1.00 bits per heavy atom. The first-order valence-electron chi connectivity index (χ1n) is 10.4. The summed E-state index contributed by atoms with van der Waals surface area (Å²) >= 11 is 0. The highest BCUT2D eigenvalue weighted by atomic mass is 16.5. The van der Waals surface area contributed by atoms with E-state index in [-0.39, 0.29) is 37.3 Å². The monoisotopic (exact) mass is 420 g/mol. The molecule has 2 aromatic rings. The van der Waals surface area contributed by atoms with E-state index < -0.39 is 11.5 Å². The number of esters is 1. The van der Waals surface area contributed by atoms with Crippen LogP contribution in [0.3, 0.4) is 0 Å². The fraction of sp³-hybridized carbons (Fsp3) is 0.333. The molecule has 7 heteroatoms. The predicted molar refractivity (Wildman–Crippen MR) is 112 cm³/mol. The lowest BCUT2D eigenvalue weighted by Crippen LogP contribution is -2.55. The number of hydrogen-bond donors (Lipinski definition) is 0. The van der Waals surface area contributed by atoms with Gasteiger partial charge >= 0.3 is 5.97 Å². The van der Waals surface area contributed by atoms with Gasteiger partial charge in [0, 0.05) is 12.1 Å². The van der Waals surface area contributed by atoms with Crippen LogP contribution in [-0.4, -0.2) is 59.6 Å². The second-order valence-corrected chi connectivity index (χ2v) is 7.73. The maximum atomic E-state index is 13.4. The standard InChI is InChI=1S/C24H24N2O5/c1-2-31-23(30)24(17-9-4-3-5-10-17)13-8-14-26(24)21(28)16-25-15-20(27)18-11-6-7-12-19(18)22(25)29/h3-7,9-12H,2,8,13-16H2,1H3. The maximum Gasteiger partial charge on any atom is 0.336 e. The molecule has 0 spiro atoms. The summed E-state index contributed by atoms with van der Waals surface area (Å²) < 4.78 is 5.37. The summed E-state index contributed by atoms with van der Waals surface area (Å²) in [5.41, 5.74) is 0.135. The lowest BCUT2D eigenvalue weighted by atomic mass is 9.87. The zero-order valence-corrected chi connectivity index (χ0v) is 17.4. The molecule has 0 bridgehead atoms. The van der Waals surface area contributed by atoms with Crippen molar-refractivity contribution in [1.29, 1.82) is 0 Å². The zero-order chi connectivity index (χ0) is 22.0. The van der Waals surface area contributed by atoms with Gasteiger partial charge in [-0.2, -0.15) is 0 Å². The number of nitrogens with zero attached hydrogens (tertiary/aromatic N) is 2. The molecule has 0 saturated carbocycles. The summed E-state index contributed by atoms with van der Waals surface area (Å²) in [5.74, 6) is -1.42. The van der Waals surface area contributed by atoms with E-state index in [2.05, 4.69) is 0 Å². The smallest absolute Gasteiger partial charge is 0.336 e. The highest BCUT2D eigenvalue weighted by molar-refractivity contribution is 6.14. The van der Waals surface area contributed by atoms with Gasteiger partial charge in [-0.25, -0.2) is 4.79 Å². The minimum absolute atomic E-state index is 0.160. The summed E-state index contributed by atoms with van der Waals surface area (Å²) in [7, 11) is 0. The van der Waals surface area contributed by atoms with Gasteiger partial charge in [-0.15, -0.1) is 0 Å². The molecule has 7 nitrogen and oxygen atoms in total. The van der Waals surface area contributed by atoms with Crippen LogP contribution in [-0.2, 0) is 19.9 Å². The summed E-state index contributed by atoms with van der Waals surface area (Å²) in [5, 5.41) is 0. The van der Waals surface area contributed by atoms with Crippen LogP contribution in [0, 0.1) is 0 Å². The van der Waals surface area contributed by atoms with Crippen molar-refractivity contribution in [1.82, 2.24) is 9.80 Å². The lowest BCUT2D eigenvalue weighted by Gasteiger charge is -2.38. The Morgan fingerprint density at radius 2 is 1.68 bits per heavy atom. The van der Waals surface area contributed by atoms with E-state index in [1.165, 1.54) is 9.80 Å². The van der Waals surface area contributed by atoms with E-state index in [9.17, 15) is 19.2 Å². The average molecular weight is 420 g/mol. The first-order chi connectivity index (χ1) is 15.0. The molecular formula is C24H24N2O5. The third-order valence-corrected chi connectivity index (χ3v) is 5.95. The number of carbonyl (C=O) groups excluding carboxylic acids is 4. The molecule has 1 saturated heterocycles. The van der Waals surface area contributed by atoms with Gasteiger partial charge in [0.1, 0.15) is 6.54 Å². The first kappa shape index (κ1) is 20.8. The van der Waals surface area contributed by atoms with Gasteiger partial charge in [0.15, 0.2) is 11.3 Å². The number of benzene rings is 2. The number of ether oxygens (including phenoxy) is 1. The average Bonchev–Trinajstić information content (AvgIpc) is 3.24. The molecule has 2 aliphatic heterocycles. The summed E-state index contributed by atoms with van der Waals surface area (Å²) in [6.45, 7) is 1.87. The molecule has 2 aromatic carbocycles. The zero-order valence-electron chi connectivity index (χ0n) is 17.4. The molecule has 0 N–H and O–H groups in total. The quantitative estimate of drug-likeness (QED) is 0.694. The number of amides is 2. The molecule has 0 aromatic heterocycles. The Morgan fingerprint density at radius 3 is 2.39 bits per heavy atom. The van der Waals surface area contributed by atoms with Crippen LogP contribution in [0.2, 0.25) is 0 Å². The van der Waals surface area contributed by atoms with E-state index >= 15 is 0 Å². The van der Waals surface area contributed by atoms with Crippen molar-refractivity contribution in [3.8, 4) is 0 Å². The summed E-state index contributed by atoms with van der Waals surface area (Å²) in [6.07, 6.45) is 1.08. The number of ketones is 1. The van der Waals surface area contributed by atoms with Crippen molar-refractivity contribution in [3.05, 3.63) is 71.3 Å². The van der Waals surface area contributed by atoms with E-state index in [0.717, 1.165) is 0 Å². The van der Waals surface area contributed by atoms with Crippen LogP contribution in [0.25, 0.3) is 0 Å². The Kier molecular flexibility index (Phi) is 5.59. The highest BCUT2D eigenvalue weighted by Crippen LogP contribution is 2.40. The predicted octanol–water partition coefficient (Wildman–Crippen LogP) is 2.41. The van der Waals surface area contributed by atoms with Crippen molar-refractivity contribution < 1.29 is 23.9 Å². The molecular weight excluding hydrogens is 396 g/mol. The fourth-order valence-electron chi connectivity index (χ4n) is 4.54. The molecule has 4 rings (SSSR count). The lowest BCUT2D eigenvalue weighted by molar-refractivity contribution is -0.162. The van der Waals surface area contributed by atoms with Gasteiger partial charge in [-0.3, -0.25) is 14.4 Å². The Bertz CT molecular complexity index is 1040. The normalized spacial score (nSPS) is 20.5. The van der Waals surface area contributed by atoms with E-state index in [1.54, 1.807) is 31.2 Å². The molecule has 2 amide bonds. The molecule has 1 fully saturated rings. The third-order valence-electron chi connectivity index (χ3n) is 5.95. The number of Topliss-reactive ketones (excluding diaryl/α,β-unsaturated/α-hetero) is 1. The summed E-state index contributed by atoms with van der Waals surface area (Å²) in [4.78, 5) is 54.6. The second kappa shape index (κ2) is 8.34. The van der Waals surface area contributed by atoms with Gasteiger partial charge in [0.05, 0.1) is 18.7 Å². The molecule has 160 valence electrons. The molecule has 2 heterocycles. The topological polar surface area (TPSA) is 84.0 Å². The first-order valence-corrected chi connectivity index (χ1v) is 10.4. The van der Waals surface area contributed by atoms with Gasteiger partial charge in [-0.1, -0.05) is 48.5 Å². The van der Waals surface area contributed by atoms with Crippen LogP contribution in [0.5, 0.6) is 0 Å². The largest absolute Gasteiger partial charge is 0.464 e. The van der Waals surface area contributed by atoms with Gasteiger partial charge < -0.3 is 14.5 Å². The number of fused-ring (bicyclic) bond motifs is 1. The van der Waals surface area contributed by atoms with Crippen molar-refractivity contribution in [2.45, 2.75) is 25.3 Å². The fourth-order valence-corrected chi connectivity index (χ4v) is 4.54. The highest BCUT2D eigenvalue weighted by Gasteiger charge is 2.52. The van der Waals surface area contributed by atoms with E-state index in [1.807, 2.05) is 30.3 Å². The van der Waals surface area contributed by atoms with Gasteiger partial charge in [0.25, 0.3) is 5.91 Å². The van der Waals surface area contributed by atoms with E-state index in [4.69, 9.17) is 4.74 Å². The number of rotatable bonds is 5. The van der Waals surface area contributed by atoms with Crippen molar-refractivity contribution in [2.24, 2.45) is 0 Å². The Hall–Kier alpha value is -3.48. The number of carbonyl (C=O) groups is 4.